The summed E-state index contributed by atoms with van der Waals surface area (Å²) in [5.74, 6) is 1.30. The van der Waals surface area contributed by atoms with Gasteiger partial charge in [0.15, 0.2) is 5.16 Å². The van der Waals surface area contributed by atoms with Crippen molar-refractivity contribution >= 4 is 23.4 Å². The van der Waals surface area contributed by atoms with Crippen molar-refractivity contribution in [2.24, 2.45) is 0 Å². The van der Waals surface area contributed by atoms with E-state index in [1.54, 1.807) is 24.3 Å². The van der Waals surface area contributed by atoms with Gasteiger partial charge in [0.2, 0.25) is 5.91 Å². The fourth-order valence-corrected chi connectivity index (χ4v) is 3.94. The number of nitriles is 1. The fourth-order valence-electron chi connectivity index (χ4n) is 3.08. The highest BCUT2D eigenvalue weighted by Crippen LogP contribution is 2.40. The molecule has 1 aliphatic rings. The lowest BCUT2D eigenvalue weighted by molar-refractivity contribution is -0.115. The van der Waals surface area contributed by atoms with E-state index in [9.17, 15) is 10.1 Å². The van der Waals surface area contributed by atoms with Gasteiger partial charge in [0.25, 0.3) is 0 Å². The van der Waals surface area contributed by atoms with E-state index in [1.165, 1.54) is 17.3 Å². The molecule has 2 aromatic carbocycles. The standard InChI is InChI=1S/C22H21N5OS/c1-15(21(28)24-19-10-6-5-9-18(19)13-23)29-22-26-25-20(17-11-12-17)27(22)14-16-7-3-2-4-8-16/h2-10,15,17H,11-12,14H2,1H3,(H,24,28)/t15-/m1/s1. The van der Waals surface area contributed by atoms with Crippen LogP contribution >= 0.6 is 11.8 Å². The first kappa shape index (κ1) is 19.2. The molecule has 6 nitrogen and oxygen atoms in total. The molecule has 4 rings (SSSR count). The van der Waals surface area contributed by atoms with Crippen LogP contribution in [0.3, 0.4) is 0 Å². The number of hydrogen-bond acceptors (Lipinski definition) is 5. The molecule has 3 aromatic rings. The van der Waals surface area contributed by atoms with Crippen LogP contribution in [-0.2, 0) is 11.3 Å². The molecule has 0 unspecified atom stereocenters. The largest absolute Gasteiger partial charge is 0.324 e. The van der Waals surface area contributed by atoms with Gasteiger partial charge in [0.05, 0.1) is 23.0 Å². The summed E-state index contributed by atoms with van der Waals surface area (Å²) in [7, 11) is 0. The maximum absolute atomic E-state index is 12.7. The van der Waals surface area contributed by atoms with Gasteiger partial charge in [-0.25, -0.2) is 0 Å². The molecule has 1 atom stereocenters. The molecule has 1 aliphatic carbocycles. The van der Waals surface area contributed by atoms with Crippen molar-refractivity contribution < 1.29 is 4.79 Å². The van der Waals surface area contributed by atoms with Crippen LogP contribution < -0.4 is 5.32 Å². The number of carbonyl (C=O) groups is 1. The lowest BCUT2D eigenvalue weighted by Crippen LogP contribution is -2.23. The summed E-state index contributed by atoms with van der Waals surface area (Å²) in [5.41, 5.74) is 2.15. The summed E-state index contributed by atoms with van der Waals surface area (Å²) in [4.78, 5) is 12.7. The highest BCUT2D eigenvalue weighted by atomic mass is 32.2. The molecule has 1 N–H and O–H groups in total. The zero-order valence-electron chi connectivity index (χ0n) is 16.1. The predicted molar refractivity (Wildman–Crippen MR) is 113 cm³/mol. The summed E-state index contributed by atoms with van der Waals surface area (Å²) in [5, 5.41) is 21.2. The lowest BCUT2D eigenvalue weighted by atomic mass is 10.2. The maximum Gasteiger partial charge on any atom is 0.237 e. The molecule has 1 heterocycles. The third-order valence-electron chi connectivity index (χ3n) is 4.83. The third-order valence-corrected chi connectivity index (χ3v) is 5.91. The summed E-state index contributed by atoms with van der Waals surface area (Å²) in [6.07, 6.45) is 2.27. The first-order chi connectivity index (χ1) is 14.2. The Hall–Kier alpha value is -3.11. The van der Waals surface area contributed by atoms with E-state index in [0.717, 1.165) is 23.8 Å². The van der Waals surface area contributed by atoms with E-state index in [2.05, 4.69) is 38.3 Å². The van der Waals surface area contributed by atoms with Crippen LogP contribution in [0.15, 0.2) is 59.8 Å². The number of nitrogens with one attached hydrogen (secondary N) is 1. The summed E-state index contributed by atoms with van der Waals surface area (Å²) in [6, 6.07) is 19.3. The molecular formula is C22H21N5OS. The normalized spacial score (nSPS) is 14.2. The summed E-state index contributed by atoms with van der Waals surface area (Å²) >= 11 is 1.39. The minimum absolute atomic E-state index is 0.167. The van der Waals surface area contributed by atoms with Crippen molar-refractivity contribution in [1.82, 2.24) is 14.8 Å². The number of rotatable bonds is 7. The van der Waals surface area contributed by atoms with E-state index in [-0.39, 0.29) is 11.2 Å². The van der Waals surface area contributed by atoms with Crippen LogP contribution in [0.5, 0.6) is 0 Å². The lowest BCUT2D eigenvalue weighted by Gasteiger charge is -2.14. The van der Waals surface area contributed by atoms with Crippen molar-refractivity contribution in [2.45, 2.75) is 42.6 Å². The quantitative estimate of drug-likeness (QED) is 0.598. The number of nitrogens with zero attached hydrogens (tertiary/aromatic N) is 4. The molecule has 1 aromatic heterocycles. The molecule has 29 heavy (non-hydrogen) atoms. The molecular weight excluding hydrogens is 382 g/mol. The van der Waals surface area contributed by atoms with Gasteiger partial charge in [0, 0.05) is 5.92 Å². The van der Waals surface area contributed by atoms with Crippen LogP contribution in [-0.4, -0.2) is 25.9 Å². The SMILES string of the molecule is C[C@@H](Sc1nnc(C2CC2)n1Cc1ccccc1)C(=O)Nc1ccccc1C#N. The molecule has 0 spiro atoms. The fraction of sp³-hybridized carbons (Fsp3) is 0.273. The second-order valence-electron chi connectivity index (χ2n) is 7.09. The number of hydrogen-bond donors (Lipinski definition) is 1. The number of thioether (sulfide) groups is 1. The monoisotopic (exact) mass is 403 g/mol. The molecule has 1 saturated carbocycles. The van der Waals surface area contributed by atoms with Crippen LogP contribution in [0, 0.1) is 11.3 Å². The smallest absolute Gasteiger partial charge is 0.237 e. The highest BCUT2D eigenvalue weighted by Gasteiger charge is 2.31. The Balaban J connectivity index is 1.51. The Morgan fingerprint density at radius 2 is 1.93 bits per heavy atom. The van der Waals surface area contributed by atoms with E-state index in [1.807, 2.05) is 25.1 Å². The molecule has 7 heteroatoms. The average Bonchev–Trinajstić information content (AvgIpc) is 3.52. The van der Waals surface area contributed by atoms with E-state index < -0.39 is 0 Å². The number of amides is 1. The maximum atomic E-state index is 12.7. The highest BCUT2D eigenvalue weighted by molar-refractivity contribution is 8.00. The Morgan fingerprint density at radius 1 is 1.21 bits per heavy atom. The first-order valence-corrected chi connectivity index (χ1v) is 10.5. The van der Waals surface area contributed by atoms with Crippen LogP contribution in [0.4, 0.5) is 5.69 Å². The van der Waals surface area contributed by atoms with Gasteiger partial charge in [-0.3, -0.25) is 4.79 Å². The zero-order valence-corrected chi connectivity index (χ0v) is 16.9. The van der Waals surface area contributed by atoms with Gasteiger partial charge < -0.3 is 9.88 Å². The van der Waals surface area contributed by atoms with Crippen molar-refractivity contribution in [3.05, 3.63) is 71.5 Å². The van der Waals surface area contributed by atoms with Gasteiger partial charge in [-0.1, -0.05) is 54.2 Å². The van der Waals surface area contributed by atoms with Crippen LogP contribution in [0.2, 0.25) is 0 Å². The van der Waals surface area contributed by atoms with Gasteiger partial charge in [-0.2, -0.15) is 5.26 Å². The van der Waals surface area contributed by atoms with E-state index in [4.69, 9.17) is 0 Å². The average molecular weight is 404 g/mol. The topological polar surface area (TPSA) is 83.6 Å². The van der Waals surface area contributed by atoms with E-state index in [0.29, 0.717) is 23.7 Å². The number of benzene rings is 2. The number of anilines is 1. The minimum Gasteiger partial charge on any atom is -0.324 e. The first-order valence-electron chi connectivity index (χ1n) is 9.59. The van der Waals surface area contributed by atoms with Gasteiger partial charge >= 0.3 is 0 Å². The Bertz CT molecular complexity index is 1050. The Kier molecular flexibility index (Phi) is 5.63. The van der Waals surface area contributed by atoms with Crippen molar-refractivity contribution in [1.29, 1.82) is 5.26 Å². The van der Waals surface area contributed by atoms with Crippen molar-refractivity contribution in [3.8, 4) is 6.07 Å². The van der Waals surface area contributed by atoms with Gasteiger partial charge in [0.1, 0.15) is 11.9 Å². The molecule has 1 amide bonds. The Morgan fingerprint density at radius 3 is 2.66 bits per heavy atom. The summed E-state index contributed by atoms with van der Waals surface area (Å²) < 4.78 is 2.13. The van der Waals surface area contributed by atoms with Gasteiger partial charge in [-0.05, 0) is 37.5 Å². The third kappa shape index (κ3) is 4.49. The zero-order chi connectivity index (χ0) is 20.2. The second-order valence-corrected chi connectivity index (χ2v) is 8.40. The number of para-hydroxylation sites is 1. The molecule has 0 aliphatic heterocycles. The number of aromatic nitrogens is 3. The van der Waals surface area contributed by atoms with E-state index >= 15 is 0 Å². The predicted octanol–water partition coefficient (Wildman–Crippen LogP) is 4.19. The molecule has 0 radical (unpaired) electrons. The second kappa shape index (κ2) is 8.50. The molecule has 146 valence electrons. The number of carbonyl (C=O) groups excluding carboxylic acids is 1. The van der Waals surface area contributed by atoms with Gasteiger partial charge in [-0.15, -0.1) is 10.2 Å². The van der Waals surface area contributed by atoms with Crippen molar-refractivity contribution in [3.63, 3.8) is 0 Å². The Labute approximate surface area is 174 Å². The van der Waals surface area contributed by atoms with Crippen molar-refractivity contribution in [2.75, 3.05) is 5.32 Å². The molecule has 1 fully saturated rings. The van der Waals surface area contributed by atoms with Crippen LogP contribution in [0.25, 0.3) is 0 Å². The molecule has 0 saturated heterocycles. The molecule has 0 bridgehead atoms. The summed E-state index contributed by atoms with van der Waals surface area (Å²) in [6.45, 7) is 2.53. The minimum atomic E-state index is -0.382. The van der Waals surface area contributed by atoms with Crippen LogP contribution in [0.1, 0.15) is 42.6 Å².